The summed E-state index contributed by atoms with van der Waals surface area (Å²) < 4.78 is 4.39. The zero-order valence-electron chi connectivity index (χ0n) is 11.1. The second kappa shape index (κ2) is 6.58. The number of rotatable bonds is 3. The maximum absolute atomic E-state index is 4.54. The highest BCUT2D eigenvalue weighted by Crippen LogP contribution is 2.18. The van der Waals surface area contributed by atoms with Gasteiger partial charge < -0.3 is 4.57 Å². The van der Waals surface area contributed by atoms with E-state index in [1.165, 1.54) is 3.57 Å². The van der Waals surface area contributed by atoms with Crippen molar-refractivity contribution in [2.45, 2.75) is 0 Å². The molecule has 0 aliphatic rings. The van der Waals surface area contributed by atoms with Crippen molar-refractivity contribution in [1.82, 2.24) is 4.57 Å². The molecule has 3 rings (SSSR count). The molecule has 0 amide bonds. The Morgan fingerprint density at radius 3 is 2.57 bits per heavy atom. The Morgan fingerprint density at radius 2 is 1.81 bits per heavy atom. The van der Waals surface area contributed by atoms with Gasteiger partial charge in [-0.15, -0.1) is 0 Å². The Labute approximate surface area is 145 Å². The Hall–Kier alpha value is -1.40. The van der Waals surface area contributed by atoms with Crippen LogP contribution in [0.25, 0.3) is 5.69 Å². The van der Waals surface area contributed by atoms with Crippen LogP contribution in [-0.4, -0.2) is 10.8 Å². The van der Waals surface area contributed by atoms with E-state index in [1.807, 2.05) is 42.7 Å². The highest BCUT2D eigenvalue weighted by atomic mass is 127. The number of aliphatic imine (C=N–C) groups is 1. The summed E-state index contributed by atoms with van der Waals surface area (Å²) in [4.78, 5) is 4.54. The van der Waals surface area contributed by atoms with Crippen LogP contribution in [0.4, 0.5) is 5.69 Å². The summed E-state index contributed by atoms with van der Waals surface area (Å²) in [5.74, 6) is 0. The summed E-state index contributed by atoms with van der Waals surface area (Å²) in [6.45, 7) is 0. The van der Waals surface area contributed by atoms with Gasteiger partial charge in [0, 0.05) is 19.9 Å². The van der Waals surface area contributed by atoms with E-state index in [-0.39, 0.29) is 0 Å². The van der Waals surface area contributed by atoms with Crippen molar-refractivity contribution >= 4 is 50.4 Å². The van der Waals surface area contributed by atoms with Crippen LogP contribution in [0.15, 0.2) is 76.3 Å². The molecule has 21 heavy (non-hydrogen) atoms. The molecule has 0 radical (unpaired) electrons. The van der Waals surface area contributed by atoms with Crippen molar-refractivity contribution < 1.29 is 0 Å². The molecule has 3 aromatic rings. The lowest BCUT2D eigenvalue weighted by atomic mass is 10.3. The molecule has 0 fully saturated rings. The molecule has 2 nitrogen and oxygen atoms in total. The first-order chi connectivity index (χ1) is 10.2. The molecule has 104 valence electrons. The lowest BCUT2D eigenvalue weighted by molar-refractivity contribution is 1.07. The molecular weight excluding hydrogens is 439 g/mol. The molecule has 0 bridgehead atoms. The topological polar surface area (TPSA) is 17.3 Å². The average molecular weight is 451 g/mol. The van der Waals surface area contributed by atoms with Gasteiger partial charge in [0.2, 0.25) is 0 Å². The molecule has 0 unspecified atom stereocenters. The van der Waals surface area contributed by atoms with Gasteiger partial charge in [-0.3, -0.25) is 4.99 Å². The minimum Gasteiger partial charge on any atom is -0.316 e. The van der Waals surface area contributed by atoms with Crippen LogP contribution in [0.2, 0.25) is 0 Å². The monoisotopic (exact) mass is 450 g/mol. The largest absolute Gasteiger partial charge is 0.316 e. The van der Waals surface area contributed by atoms with E-state index in [4.69, 9.17) is 0 Å². The molecule has 0 atom stereocenters. The van der Waals surface area contributed by atoms with Crippen LogP contribution in [0.5, 0.6) is 0 Å². The van der Waals surface area contributed by atoms with Gasteiger partial charge in [-0.25, -0.2) is 0 Å². The number of aromatic nitrogens is 1. The van der Waals surface area contributed by atoms with E-state index in [0.29, 0.717) is 0 Å². The summed E-state index contributed by atoms with van der Waals surface area (Å²) in [6, 6.07) is 20.4. The Morgan fingerprint density at radius 1 is 1.00 bits per heavy atom. The first kappa shape index (κ1) is 14.5. The van der Waals surface area contributed by atoms with Crippen molar-refractivity contribution in [3.8, 4) is 5.69 Å². The van der Waals surface area contributed by atoms with E-state index in [2.05, 4.69) is 78.4 Å². The van der Waals surface area contributed by atoms with Gasteiger partial charge in [0.15, 0.2) is 0 Å². The third-order valence-electron chi connectivity index (χ3n) is 3.04. The summed E-state index contributed by atoms with van der Waals surface area (Å²) >= 11 is 5.80. The SMILES string of the molecule is Brc1cccc(-n2cccc2C=Nc2ccc(I)cc2)c1. The highest BCUT2D eigenvalue weighted by Gasteiger charge is 2.01. The second-order valence-electron chi connectivity index (χ2n) is 4.52. The van der Waals surface area contributed by atoms with Crippen molar-refractivity contribution in [2.24, 2.45) is 4.99 Å². The zero-order chi connectivity index (χ0) is 14.7. The number of hydrogen-bond donors (Lipinski definition) is 0. The Balaban J connectivity index is 1.91. The fraction of sp³-hybridized carbons (Fsp3) is 0. The van der Waals surface area contributed by atoms with E-state index in [9.17, 15) is 0 Å². The molecule has 0 spiro atoms. The van der Waals surface area contributed by atoms with Gasteiger partial charge >= 0.3 is 0 Å². The first-order valence-corrected chi connectivity index (χ1v) is 8.32. The predicted molar refractivity (Wildman–Crippen MR) is 99.9 cm³/mol. The highest BCUT2D eigenvalue weighted by molar-refractivity contribution is 14.1. The van der Waals surface area contributed by atoms with Gasteiger partial charge in [0.25, 0.3) is 0 Å². The van der Waals surface area contributed by atoms with Gasteiger partial charge in [-0.1, -0.05) is 22.0 Å². The maximum atomic E-state index is 4.54. The third-order valence-corrected chi connectivity index (χ3v) is 4.25. The van der Waals surface area contributed by atoms with Crippen molar-refractivity contribution in [1.29, 1.82) is 0 Å². The fourth-order valence-electron chi connectivity index (χ4n) is 2.03. The summed E-state index contributed by atoms with van der Waals surface area (Å²) in [7, 11) is 0. The van der Waals surface area contributed by atoms with Crippen molar-refractivity contribution in [3.05, 3.63) is 80.6 Å². The van der Waals surface area contributed by atoms with Crippen molar-refractivity contribution in [2.75, 3.05) is 0 Å². The van der Waals surface area contributed by atoms with Gasteiger partial charge in [0.1, 0.15) is 0 Å². The summed E-state index contributed by atoms with van der Waals surface area (Å²) in [5, 5.41) is 0. The fourth-order valence-corrected chi connectivity index (χ4v) is 2.77. The Kier molecular flexibility index (Phi) is 4.55. The maximum Gasteiger partial charge on any atom is 0.0639 e. The summed E-state index contributed by atoms with van der Waals surface area (Å²) in [6.07, 6.45) is 3.93. The number of nitrogens with zero attached hydrogens (tertiary/aromatic N) is 2. The molecule has 1 aromatic heterocycles. The predicted octanol–water partition coefficient (Wildman–Crippen LogP) is 5.60. The molecule has 0 aliphatic carbocycles. The van der Waals surface area contributed by atoms with Gasteiger partial charge in [0.05, 0.1) is 17.6 Å². The molecule has 0 aliphatic heterocycles. The second-order valence-corrected chi connectivity index (χ2v) is 6.68. The van der Waals surface area contributed by atoms with E-state index in [0.717, 1.165) is 21.5 Å². The van der Waals surface area contributed by atoms with E-state index >= 15 is 0 Å². The quantitative estimate of drug-likeness (QED) is 0.365. The van der Waals surface area contributed by atoms with Crippen LogP contribution < -0.4 is 0 Å². The normalized spacial score (nSPS) is 11.1. The lowest BCUT2D eigenvalue weighted by Gasteiger charge is -2.06. The zero-order valence-corrected chi connectivity index (χ0v) is 14.8. The number of benzene rings is 2. The third kappa shape index (κ3) is 3.63. The Bertz CT molecular complexity index is 775. The molecule has 0 N–H and O–H groups in total. The van der Waals surface area contributed by atoms with Crippen LogP contribution in [0, 0.1) is 3.57 Å². The average Bonchev–Trinajstić information content (AvgIpc) is 2.95. The first-order valence-electron chi connectivity index (χ1n) is 6.45. The van der Waals surface area contributed by atoms with Gasteiger partial charge in [-0.2, -0.15) is 0 Å². The molecule has 1 heterocycles. The number of halogens is 2. The number of hydrogen-bond acceptors (Lipinski definition) is 1. The van der Waals surface area contributed by atoms with Crippen LogP contribution >= 0.6 is 38.5 Å². The summed E-state index contributed by atoms with van der Waals surface area (Å²) in [5.41, 5.74) is 3.11. The standard InChI is InChI=1S/C17H12BrIN2/c18-13-3-1-4-16(11-13)21-10-2-5-17(21)12-20-15-8-6-14(19)7-9-15/h1-12H. The van der Waals surface area contributed by atoms with Crippen LogP contribution in [-0.2, 0) is 0 Å². The minimum atomic E-state index is 0.956. The van der Waals surface area contributed by atoms with E-state index < -0.39 is 0 Å². The molecular formula is C17H12BrIN2. The lowest BCUT2D eigenvalue weighted by Crippen LogP contribution is -1.97. The smallest absolute Gasteiger partial charge is 0.0639 e. The minimum absolute atomic E-state index is 0.956. The van der Waals surface area contributed by atoms with Gasteiger partial charge in [-0.05, 0) is 77.2 Å². The molecule has 4 heteroatoms. The van der Waals surface area contributed by atoms with E-state index in [1.54, 1.807) is 0 Å². The van der Waals surface area contributed by atoms with Crippen molar-refractivity contribution in [3.63, 3.8) is 0 Å². The molecule has 0 saturated carbocycles. The molecule has 2 aromatic carbocycles. The molecule has 0 saturated heterocycles. The van der Waals surface area contributed by atoms with Crippen LogP contribution in [0.3, 0.4) is 0 Å². The van der Waals surface area contributed by atoms with Crippen LogP contribution in [0.1, 0.15) is 5.69 Å².